The lowest BCUT2D eigenvalue weighted by molar-refractivity contribution is -0.192. The number of amides is 2. The summed E-state index contributed by atoms with van der Waals surface area (Å²) in [6, 6.07) is 7.86. The summed E-state index contributed by atoms with van der Waals surface area (Å²) in [7, 11) is -1.46. The quantitative estimate of drug-likeness (QED) is 0.183. The zero-order valence-corrected chi connectivity index (χ0v) is 24.0. The molecular weight excluding hydrogens is 549 g/mol. The fraction of sp³-hybridized carbons (Fsp3) is 0.444. The van der Waals surface area contributed by atoms with Crippen LogP contribution in [0.25, 0.3) is 0 Å². The highest BCUT2D eigenvalue weighted by molar-refractivity contribution is 7.83. The van der Waals surface area contributed by atoms with Crippen LogP contribution in [0.3, 0.4) is 0 Å². The van der Waals surface area contributed by atoms with Gasteiger partial charge in [-0.1, -0.05) is 63.8 Å². The van der Waals surface area contributed by atoms with Crippen molar-refractivity contribution in [1.82, 2.24) is 15.4 Å². The molecule has 1 aromatic rings. The summed E-state index contributed by atoms with van der Waals surface area (Å²) >= 11 is 0. The van der Waals surface area contributed by atoms with Crippen LogP contribution in [0, 0.1) is 0 Å². The van der Waals surface area contributed by atoms with Gasteiger partial charge in [0.25, 0.3) is 0 Å². The monoisotopic (exact) mass is 588 g/mol. The molecule has 224 valence electrons. The highest BCUT2D eigenvalue weighted by Gasteiger charge is 2.38. The van der Waals surface area contributed by atoms with Gasteiger partial charge in [0, 0.05) is 18.7 Å². The lowest BCUT2D eigenvalue weighted by atomic mass is 9.88. The van der Waals surface area contributed by atoms with Gasteiger partial charge in [0.15, 0.2) is 0 Å². The molecule has 2 amide bonds. The molecule has 2 rings (SSSR count). The molecule has 1 fully saturated rings. The predicted octanol–water partition coefficient (Wildman–Crippen LogP) is 3.92. The number of hydrogen-bond acceptors (Lipinski definition) is 6. The minimum atomic E-state index is -5.08. The van der Waals surface area contributed by atoms with E-state index >= 15 is 0 Å². The Morgan fingerprint density at radius 3 is 2.27 bits per heavy atom. The number of hydrogen-bond donors (Lipinski definition) is 5. The average Bonchev–Trinajstić information content (AvgIpc) is 3.26. The number of carboxylic acids is 1. The van der Waals surface area contributed by atoms with Crippen LogP contribution in [0.2, 0.25) is 0 Å². The van der Waals surface area contributed by atoms with Crippen molar-refractivity contribution in [3.05, 3.63) is 71.6 Å². The maximum Gasteiger partial charge on any atom is 0.490 e. The first kappa shape index (κ1) is 36.4. The van der Waals surface area contributed by atoms with Gasteiger partial charge in [0.05, 0.1) is 16.5 Å². The number of benzene rings is 1. The standard InChI is InChI=1S/C23H32N4O3S.C2HF3O2.C2H6/c1-4-6-7-20(17(3)24)25-15-23(13-12-22(29)27-23)14-18-8-10-19(11-9-18)21(5-2)31(30)26-16-28;3-2(4,5)1(6)7;1-2/h4,6-11,16,21,25H,1,5,12-15,24H2,2-3H3,(H,26,28)(H,27,29);(H,6,7);1-2H3/b7-6-,20-17-;;. The predicted molar refractivity (Wildman–Crippen MR) is 150 cm³/mol. The fourth-order valence-corrected chi connectivity index (χ4v) is 4.71. The normalized spacial score (nSPS) is 18.5. The van der Waals surface area contributed by atoms with Gasteiger partial charge in [-0.2, -0.15) is 13.2 Å². The highest BCUT2D eigenvalue weighted by atomic mass is 32.2. The van der Waals surface area contributed by atoms with Crippen LogP contribution >= 0.6 is 0 Å². The summed E-state index contributed by atoms with van der Waals surface area (Å²) in [5.41, 5.74) is 8.98. The largest absolute Gasteiger partial charge is 0.490 e. The second kappa shape index (κ2) is 17.9. The SMILES string of the molecule is C=C/C=C\C(NCC1(Cc2ccc(C(CC)S(=O)NC=O)cc2)CCC(=O)N1)=C(/C)N.CC.O=C(O)C(F)(F)F. The summed E-state index contributed by atoms with van der Waals surface area (Å²) < 4.78 is 46.3. The van der Waals surface area contributed by atoms with Crippen LogP contribution in [0.4, 0.5) is 13.2 Å². The molecule has 0 aromatic heterocycles. The van der Waals surface area contributed by atoms with Crippen LogP contribution in [-0.2, 0) is 31.8 Å². The van der Waals surface area contributed by atoms with E-state index in [4.69, 9.17) is 15.6 Å². The number of carboxylic acid groups (broad SMARTS) is 1. The number of nitrogens with two attached hydrogens (primary N) is 1. The van der Waals surface area contributed by atoms with Gasteiger partial charge < -0.3 is 21.5 Å². The van der Waals surface area contributed by atoms with Crippen molar-refractivity contribution < 1.29 is 36.9 Å². The lowest BCUT2D eigenvalue weighted by Crippen LogP contribution is -2.51. The number of rotatable bonds is 12. The van der Waals surface area contributed by atoms with E-state index in [1.165, 1.54) is 0 Å². The average molecular weight is 589 g/mol. The molecule has 13 heteroatoms. The van der Waals surface area contributed by atoms with Gasteiger partial charge in [0.2, 0.25) is 12.3 Å². The second-order valence-corrected chi connectivity index (χ2v) is 9.92. The number of halogens is 3. The Hall–Kier alpha value is -3.61. The summed E-state index contributed by atoms with van der Waals surface area (Å²) in [4.78, 5) is 31.6. The Morgan fingerprint density at radius 1 is 1.30 bits per heavy atom. The third kappa shape index (κ3) is 12.5. The van der Waals surface area contributed by atoms with E-state index in [2.05, 4.69) is 21.9 Å². The molecule has 9 nitrogen and oxygen atoms in total. The maximum absolute atomic E-state index is 12.2. The van der Waals surface area contributed by atoms with E-state index < -0.39 is 28.7 Å². The molecular formula is C27H39F3N4O5S. The molecule has 0 saturated carbocycles. The minimum Gasteiger partial charge on any atom is -0.475 e. The summed E-state index contributed by atoms with van der Waals surface area (Å²) in [6.07, 6.45) is 3.22. The molecule has 0 radical (unpaired) electrons. The molecule has 1 heterocycles. The second-order valence-electron chi connectivity index (χ2n) is 8.52. The number of allylic oxidation sites excluding steroid dienone is 4. The number of aliphatic carboxylic acids is 1. The van der Waals surface area contributed by atoms with Gasteiger partial charge >= 0.3 is 12.1 Å². The van der Waals surface area contributed by atoms with Crippen molar-refractivity contribution in [1.29, 1.82) is 0 Å². The maximum atomic E-state index is 12.2. The molecule has 3 unspecified atom stereocenters. The summed E-state index contributed by atoms with van der Waals surface area (Å²) in [5, 5.41) is 13.4. The van der Waals surface area contributed by atoms with Crippen molar-refractivity contribution in [2.24, 2.45) is 5.73 Å². The van der Waals surface area contributed by atoms with Crippen molar-refractivity contribution in [3.63, 3.8) is 0 Å². The number of nitrogens with one attached hydrogen (secondary N) is 3. The number of carbonyl (C=O) groups is 3. The Morgan fingerprint density at radius 2 is 1.88 bits per heavy atom. The van der Waals surface area contributed by atoms with Crippen molar-refractivity contribution in [2.75, 3.05) is 6.54 Å². The topological polar surface area (TPSA) is 151 Å². The third-order valence-corrected chi connectivity index (χ3v) is 7.06. The molecule has 1 aromatic carbocycles. The smallest absolute Gasteiger partial charge is 0.475 e. The fourth-order valence-electron chi connectivity index (χ4n) is 3.74. The van der Waals surface area contributed by atoms with Gasteiger partial charge in [-0.05, 0) is 43.4 Å². The summed E-state index contributed by atoms with van der Waals surface area (Å²) in [5.74, 6) is -2.72. The van der Waals surface area contributed by atoms with Gasteiger partial charge in [-0.3, -0.25) is 14.3 Å². The molecule has 0 spiro atoms. The van der Waals surface area contributed by atoms with Crippen LogP contribution in [0.5, 0.6) is 0 Å². The number of carbonyl (C=O) groups excluding carboxylic acids is 2. The third-order valence-electron chi connectivity index (χ3n) is 5.61. The molecule has 3 atom stereocenters. The molecule has 6 N–H and O–H groups in total. The van der Waals surface area contributed by atoms with Gasteiger partial charge in [0.1, 0.15) is 11.0 Å². The minimum absolute atomic E-state index is 0.0384. The van der Waals surface area contributed by atoms with E-state index in [0.717, 1.165) is 16.8 Å². The summed E-state index contributed by atoms with van der Waals surface area (Å²) in [6.45, 7) is 12.0. The lowest BCUT2D eigenvalue weighted by Gasteiger charge is -2.31. The van der Waals surface area contributed by atoms with E-state index in [-0.39, 0.29) is 11.2 Å². The van der Waals surface area contributed by atoms with Crippen LogP contribution in [0.1, 0.15) is 63.3 Å². The Kier molecular flexibility index (Phi) is 16.3. The van der Waals surface area contributed by atoms with Crippen LogP contribution in [0.15, 0.2) is 60.5 Å². The first-order valence-corrected chi connectivity index (χ1v) is 13.8. The molecule has 0 bridgehead atoms. The first-order chi connectivity index (χ1) is 18.8. The molecule has 1 saturated heterocycles. The van der Waals surface area contributed by atoms with Gasteiger partial charge in [-0.15, -0.1) is 0 Å². The van der Waals surface area contributed by atoms with E-state index in [1.54, 1.807) is 6.08 Å². The molecule has 40 heavy (non-hydrogen) atoms. The molecule has 1 aliphatic heterocycles. The Bertz CT molecular complexity index is 1070. The number of alkyl halides is 3. The van der Waals surface area contributed by atoms with Crippen LogP contribution < -0.4 is 21.1 Å². The molecule has 0 aliphatic carbocycles. The van der Waals surface area contributed by atoms with Crippen molar-refractivity contribution in [2.45, 2.75) is 70.3 Å². The zero-order chi connectivity index (χ0) is 30.9. The highest BCUT2D eigenvalue weighted by Crippen LogP contribution is 2.27. The van der Waals surface area contributed by atoms with E-state index in [9.17, 15) is 27.0 Å². The van der Waals surface area contributed by atoms with Crippen molar-refractivity contribution in [3.8, 4) is 0 Å². The van der Waals surface area contributed by atoms with Crippen LogP contribution in [-0.4, -0.2) is 45.9 Å². The van der Waals surface area contributed by atoms with E-state index in [1.807, 2.05) is 64.1 Å². The van der Waals surface area contributed by atoms with Crippen molar-refractivity contribution >= 4 is 29.3 Å². The molecule has 1 aliphatic rings. The van der Waals surface area contributed by atoms with E-state index in [0.29, 0.717) is 44.3 Å². The first-order valence-electron chi connectivity index (χ1n) is 12.6. The Labute approximate surface area is 235 Å². The zero-order valence-electron chi connectivity index (χ0n) is 23.1. The Balaban J connectivity index is 0.00000147. The van der Waals surface area contributed by atoms with Gasteiger partial charge in [-0.25, -0.2) is 9.00 Å².